The molecule has 0 N–H and O–H groups in total. The van der Waals surface area contributed by atoms with Gasteiger partial charge in [0.2, 0.25) is 0 Å². The predicted octanol–water partition coefficient (Wildman–Crippen LogP) is 3.48. The van der Waals surface area contributed by atoms with Crippen molar-refractivity contribution < 1.29 is 4.74 Å². The van der Waals surface area contributed by atoms with Gasteiger partial charge in [0, 0.05) is 0 Å². The molecule has 0 aromatic heterocycles. The van der Waals surface area contributed by atoms with E-state index in [2.05, 4.69) is 27.7 Å². The topological polar surface area (TPSA) is 12.5 Å². The van der Waals surface area contributed by atoms with Crippen LogP contribution in [-0.4, -0.2) is 11.7 Å². The van der Waals surface area contributed by atoms with E-state index in [4.69, 9.17) is 4.74 Å². The van der Waals surface area contributed by atoms with Crippen LogP contribution in [0.4, 0.5) is 0 Å². The molecule has 4 aliphatic carbocycles. The average molecular weight is 220 g/mol. The molecule has 0 radical (unpaired) electrons. The molecule has 16 heavy (non-hydrogen) atoms. The van der Waals surface area contributed by atoms with Crippen LogP contribution in [0.15, 0.2) is 0 Å². The van der Waals surface area contributed by atoms with Crippen LogP contribution in [0.5, 0.6) is 0 Å². The molecule has 5 aliphatic rings. The van der Waals surface area contributed by atoms with Crippen molar-refractivity contribution in [1.29, 1.82) is 0 Å². The van der Waals surface area contributed by atoms with E-state index in [1.165, 1.54) is 19.3 Å². The van der Waals surface area contributed by atoms with Gasteiger partial charge in [-0.25, -0.2) is 0 Å². The Balaban J connectivity index is 1.73. The maximum Gasteiger partial charge on any atom is 0.0956 e. The fraction of sp³-hybridized carbons (Fsp3) is 1.00. The van der Waals surface area contributed by atoms with Crippen LogP contribution in [0.2, 0.25) is 0 Å². The molecular formula is C15H24O. The Bertz CT molecular complexity index is 349. The van der Waals surface area contributed by atoms with E-state index in [0.717, 1.165) is 29.6 Å². The van der Waals surface area contributed by atoms with Gasteiger partial charge in [-0.3, -0.25) is 0 Å². The van der Waals surface area contributed by atoms with Crippen LogP contribution in [0.1, 0.15) is 47.0 Å². The van der Waals surface area contributed by atoms with Gasteiger partial charge in [0.1, 0.15) is 0 Å². The third kappa shape index (κ3) is 0.836. The lowest BCUT2D eigenvalue weighted by molar-refractivity contribution is -0.227. The summed E-state index contributed by atoms with van der Waals surface area (Å²) in [5, 5.41) is 0. The maximum atomic E-state index is 6.05. The first-order valence-electron chi connectivity index (χ1n) is 7.16. The molecule has 1 nitrogen and oxygen atoms in total. The summed E-state index contributed by atoms with van der Waals surface area (Å²) >= 11 is 0. The molecule has 4 saturated carbocycles. The predicted molar refractivity (Wildman–Crippen MR) is 64.0 cm³/mol. The first-order valence-corrected chi connectivity index (χ1v) is 7.16. The second-order valence-corrected chi connectivity index (χ2v) is 7.64. The minimum absolute atomic E-state index is 0.293. The minimum atomic E-state index is 0.293. The second-order valence-electron chi connectivity index (χ2n) is 7.64. The molecule has 90 valence electrons. The average Bonchev–Trinajstić information content (AvgIpc) is 2.89. The van der Waals surface area contributed by atoms with Crippen LogP contribution < -0.4 is 0 Å². The standard InChI is InChI=1S/C15H24O/c1-8(2)9-5-6-14(3)10-7-11-15(4,16-11)13(14)12(9)10/h8-13H,5-7H2,1-4H3/t9-,10?,11?,12-,13+,14+,15+/m0/s1. The molecule has 0 aromatic rings. The molecule has 7 atom stereocenters. The molecule has 0 amide bonds. The van der Waals surface area contributed by atoms with E-state index in [1.54, 1.807) is 0 Å². The number of fused-ring (bicyclic) bond motifs is 3. The molecule has 5 fully saturated rings. The van der Waals surface area contributed by atoms with Crippen LogP contribution in [0, 0.1) is 35.0 Å². The first-order chi connectivity index (χ1) is 7.48. The van der Waals surface area contributed by atoms with E-state index in [0.29, 0.717) is 17.1 Å². The Labute approximate surface area is 98.9 Å². The lowest BCUT2D eigenvalue weighted by atomic mass is 9.32. The zero-order valence-electron chi connectivity index (χ0n) is 11.0. The van der Waals surface area contributed by atoms with E-state index in [9.17, 15) is 0 Å². The van der Waals surface area contributed by atoms with E-state index in [1.807, 2.05) is 0 Å². The van der Waals surface area contributed by atoms with Gasteiger partial charge in [-0.15, -0.1) is 0 Å². The van der Waals surface area contributed by atoms with E-state index in [-0.39, 0.29) is 0 Å². The van der Waals surface area contributed by atoms with Gasteiger partial charge in [0.25, 0.3) is 0 Å². The Morgan fingerprint density at radius 3 is 2.62 bits per heavy atom. The van der Waals surface area contributed by atoms with Gasteiger partial charge in [-0.2, -0.15) is 0 Å². The van der Waals surface area contributed by atoms with Crippen molar-refractivity contribution in [2.24, 2.45) is 35.0 Å². The highest BCUT2D eigenvalue weighted by Crippen LogP contribution is 2.78. The second kappa shape index (κ2) is 2.53. The van der Waals surface area contributed by atoms with E-state index < -0.39 is 0 Å². The van der Waals surface area contributed by atoms with E-state index >= 15 is 0 Å². The number of hydrogen-bond donors (Lipinski definition) is 0. The Hall–Kier alpha value is -0.0400. The monoisotopic (exact) mass is 220 g/mol. The molecule has 0 spiro atoms. The van der Waals surface area contributed by atoms with Gasteiger partial charge in [0.15, 0.2) is 0 Å². The molecule has 1 heteroatoms. The van der Waals surface area contributed by atoms with Crippen LogP contribution in [0.25, 0.3) is 0 Å². The maximum absolute atomic E-state index is 6.05. The molecule has 0 aromatic carbocycles. The summed E-state index contributed by atoms with van der Waals surface area (Å²) in [5.74, 6) is 4.75. The lowest BCUT2D eigenvalue weighted by Gasteiger charge is -2.71. The molecular weight excluding hydrogens is 196 g/mol. The largest absolute Gasteiger partial charge is 0.366 e. The summed E-state index contributed by atoms with van der Waals surface area (Å²) in [7, 11) is 0. The van der Waals surface area contributed by atoms with Crippen molar-refractivity contribution >= 4 is 0 Å². The Morgan fingerprint density at radius 1 is 1.25 bits per heavy atom. The van der Waals surface area contributed by atoms with Crippen molar-refractivity contribution in [3.63, 3.8) is 0 Å². The SMILES string of the molecule is CC(C)[C@@H]1CC[C@]2(C)C3CC4O[C@@]4(C)[C@@H]2[C@H]31. The molecule has 2 unspecified atom stereocenters. The van der Waals surface area contributed by atoms with Crippen LogP contribution >= 0.6 is 0 Å². The summed E-state index contributed by atoms with van der Waals surface area (Å²) in [5.41, 5.74) is 0.944. The molecule has 1 heterocycles. The smallest absolute Gasteiger partial charge is 0.0956 e. The molecule has 1 aliphatic heterocycles. The highest BCUT2D eigenvalue weighted by atomic mass is 16.6. The van der Waals surface area contributed by atoms with Gasteiger partial charge in [0.05, 0.1) is 11.7 Å². The van der Waals surface area contributed by atoms with Gasteiger partial charge >= 0.3 is 0 Å². The molecule has 1 saturated heterocycles. The Morgan fingerprint density at radius 2 is 2.00 bits per heavy atom. The number of hydrogen-bond acceptors (Lipinski definition) is 1. The summed E-state index contributed by atoms with van der Waals surface area (Å²) in [4.78, 5) is 0. The summed E-state index contributed by atoms with van der Waals surface area (Å²) < 4.78 is 6.05. The van der Waals surface area contributed by atoms with Crippen LogP contribution in [0.3, 0.4) is 0 Å². The minimum Gasteiger partial charge on any atom is -0.366 e. The quantitative estimate of drug-likeness (QED) is 0.616. The number of ether oxygens (including phenoxy) is 1. The van der Waals surface area contributed by atoms with Crippen molar-refractivity contribution in [3.05, 3.63) is 0 Å². The van der Waals surface area contributed by atoms with Gasteiger partial charge in [-0.1, -0.05) is 20.8 Å². The highest BCUT2D eigenvalue weighted by molar-refractivity contribution is 5.27. The van der Waals surface area contributed by atoms with Crippen molar-refractivity contribution in [2.45, 2.75) is 58.7 Å². The first kappa shape index (κ1) is 9.94. The Kier molecular flexibility index (Phi) is 1.57. The fourth-order valence-corrected chi connectivity index (χ4v) is 6.08. The number of rotatable bonds is 1. The van der Waals surface area contributed by atoms with Crippen LogP contribution in [-0.2, 0) is 4.74 Å². The van der Waals surface area contributed by atoms with Crippen molar-refractivity contribution in [1.82, 2.24) is 0 Å². The molecule has 4 bridgehead atoms. The lowest BCUT2D eigenvalue weighted by Crippen LogP contribution is -2.69. The summed E-state index contributed by atoms with van der Waals surface area (Å²) in [6, 6.07) is 0. The van der Waals surface area contributed by atoms with Gasteiger partial charge in [-0.05, 0) is 61.2 Å². The fourth-order valence-electron chi connectivity index (χ4n) is 6.08. The zero-order valence-corrected chi connectivity index (χ0v) is 11.0. The molecule has 5 rings (SSSR count). The zero-order chi connectivity index (χ0) is 11.3. The summed E-state index contributed by atoms with van der Waals surface area (Å²) in [6.07, 6.45) is 4.95. The van der Waals surface area contributed by atoms with Gasteiger partial charge < -0.3 is 4.74 Å². The highest BCUT2D eigenvalue weighted by Gasteiger charge is 2.79. The number of epoxide rings is 1. The van der Waals surface area contributed by atoms with Crippen molar-refractivity contribution in [2.75, 3.05) is 0 Å². The third-order valence-electron chi connectivity index (χ3n) is 6.84. The normalized spacial score (nSPS) is 66.2. The summed E-state index contributed by atoms with van der Waals surface area (Å²) in [6.45, 7) is 9.80. The van der Waals surface area contributed by atoms with Crippen molar-refractivity contribution in [3.8, 4) is 0 Å². The third-order valence-corrected chi connectivity index (χ3v) is 6.84.